The fourth-order valence-corrected chi connectivity index (χ4v) is 4.88. The zero-order valence-electron chi connectivity index (χ0n) is 20.1. The van der Waals surface area contributed by atoms with Crippen molar-refractivity contribution in [1.29, 1.82) is 0 Å². The molecule has 0 bridgehead atoms. The molecule has 5 rings (SSSR count). The predicted molar refractivity (Wildman–Crippen MR) is 133 cm³/mol. The van der Waals surface area contributed by atoms with Crippen LogP contribution in [0.3, 0.4) is 0 Å². The number of anilines is 2. The maximum absolute atomic E-state index is 13.6. The van der Waals surface area contributed by atoms with Crippen LogP contribution in [0, 0.1) is 11.6 Å². The van der Waals surface area contributed by atoms with E-state index >= 15 is 0 Å². The largest absolute Gasteiger partial charge is 0.376 e. The van der Waals surface area contributed by atoms with Crippen molar-refractivity contribution in [1.82, 2.24) is 24.8 Å². The van der Waals surface area contributed by atoms with Crippen LogP contribution in [0.15, 0.2) is 48.5 Å². The number of rotatable bonds is 8. The average Bonchev–Trinajstić information content (AvgIpc) is 3.40. The van der Waals surface area contributed by atoms with Crippen LogP contribution < -0.4 is 11.1 Å². The summed E-state index contributed by atoms with van der Waals surface area (Å²) in [5, 5.41) is 3.22. The van der Waals surface area contributed by atoms with E-state index in [9.17, 15) is 8.78 Å². The number of halogens is 2. The van der Waals surface area contributed by atoms with Crippen molar-refractivity contribution >= 4 is 11.9 Å². The lowest BCUT2D eigenvalue weighted by atomic mass is 9.96. The lowest BCUT2D eigenvalue weighted by Gasteiger charge is -2.39. The van der Waals surface area contributed by atoms with Crippen LogP contribution in [-0.4, -0.2) is 70.2 Å². The number of piperazine rings is 1. The number of nitrogens with one attached hydrogen (secondary N) is 1. The molecule has 1 unspecified atom stereocenters. The summed E-state index contributed by atoms with van der Waals surface area (Å²) in [5.41, 5.74) is 7.90. The van der Waals surface area contributed by atoms with Crippen molar-refractivity contribution in [2.24, 2.45) is 0 Å². The molecule has 2 aliphatic rings. The van der Waals surface area contributed by atoms with Gasteiger partial charge in [-0.25, -0.2) is 8.78 Å². The van der Waals surface area contributed by atoms with Crippen LogP contribution in [-0.2, 0) is 11.3 Å². The number of ether oxygens (including phenoxy) is 1. The molecule has 0 saturated carbocycles. The highest BCUT2D eigenvalue weighted by Gasteiger charge is 2.27. The van der Waals surface area contributed by atoms with Crippen molar-refractivity contribution in [3.63, 3.8) is 0 Å². The number of hydrogen-bond donors (Lipinski definition) is 2. The molecule has 3 heterocycles. The summed E-state index contributed by atoms with van der Waals surface area (Å²) in [5.74, 6) is 0.741. The number of nitrogens with two attached hydrogens (primary N) is 1. The Morgan fingerprint density at radius 3 is 2.14 bits per heavy atom. The zero-order chi connectivity index (χ0) is 24.9. The molecule has 0 amide bonds. The Balaban J connectivity index is 1.23. The second-order valence-electron chi connectivity index (χ2n) is 9.27. The first kappa shape index (κ1) is 24.5. The van der Waals surface area contributed by atoms with Crippen molar-refractivity contribution in [3.05, 3.63) is 77.1 Å². The topological polar surface area (TPSA) is 92.4 Å². The molecule has 3 aromatic rings. The van der Waals surface area contributed by atoms with Crippen molar-refractivity contribution < 1.29 is 13.5 Å². The van der Waals surface area contributed by atoms with Gasteiger partial charge < -0.3 is 15.8 Å². The van der Waals surface area contributed by atoms with Gasteiger partial charge in [0.05, 0.1) is 18.7 Å². The normalized spacial score (nSPS) is 19.1. The first-order valence-electron chi connectivity index (χ1n) is 12.4. The summed E-state index contributed by atoms with van der Waals surface area (Å²) in [6.07, 6.45) is 2.28. The van der Waals surface area contributed by atoms with Crippen LogP contribution in [0.5, 0.6) is 0 Å². The van der Waals surface area contributed by atoms with Gasteiger partial charge >= 0.3 is 0 Å². The Labute approximate surface area is 209 Å². The summed E-state index contributed by atoms with van der Waals surface area (Å²) in [6, 6.07) is 13.0. The smallest absolute Gasteiger partial charge is 0.227 e. The van der Waals surface area contributed by atoms with E-state index in [0.29, 0.717) is 24.9 Å². The maximum Gasteiger partial charge on any atom is 0.227 e. The van der Waals surface area contributed by atoms with Gasteiger partial charge in [-0.3, -0.25) is 9.80 Å². The molecule has 2 saturated heterocycles. The maximum atomic E-state index is 13.6. The Morgan fingerprint density at radius 1 is 0.917 bits per heavy atom. The predicted octanol–water partition coefficient (Wildman–Crippen LogP) is 3.23. The average molecular weight is 496 g/mol. The molecule has 190 valence electrons. The van der Waals surface area contributed by atoms with Gasteiger partial charge in [-0.1, -0.05) is 24.3 Å². The molecule has 1 atom stereocenters. The number of nitrogen functional groups attached to an aromatic ring is 1. The van der Waals surface area contributed by atoms with Crippen molar-refractivity contribution in [3.8, 4) is 0 Å². The third kappa shape index (κ3) is 6.13. The van der Waals surface area contributed by atoms with E-state index in [1.165, 1.54) is 24.3 Å². The summed E-state index contributed by atoms with van der Waals surface area (Å²) >= 11 is 0. The lowest BCUT2D eigenvalue weighted by molar-refractivity contribution is 0.103. The van der Waals surface area contributed by atoms with E-state index in [4.69, 9.17) is 10.5 Å². The Bertz CT molecular complexity index is 1090. The molecule has 3 N–H and O–H groups in total. The number of aromatic nitrogens is 3. The van der Waals surface area contributed by atoms with E-state index in [2.05, 4.69) is 30.1 Å². The quantitative estimate of drug-likeness (QED) is 0.492. The Kier molecular flexibility index (Phi) is 7.64. The Hall–Kier alpha value is -3.21. The molecule has 1 aromatic heterocycles. The van der Waals surface area contributed by atoms with Gasteiger partial charge in [-0.05, 0) is 48.2 Å². The fraction of sp³-hybridized carbons (Fsp3) is 0.423. The van der Waals surface area contributed by atoms with Crippen LogP contribution in [0.4, 0.5) is 20.7 Å². The first-order chi connectivity index (χ1) is 17.5. The lowest BCUT2D eigenvalue weighted by Crippen LogP contribution is -2.47. The van der Waals surface area contributed by atoms with E-state index in [-0.39, 0.29) is 29.7 Å². The Morgan fingerprint density at radius 2 is 1.56 bits per heavy atom. The third-order valence-electron chi connectivity index (χ3n) is 6.72. The highest BCUT2D eigenvalue weighted by atomic mass is 19.1. The van der Waals surface area contributed by atoms with E-state index in [1.807, 2.05) is 0 Å². The van der Waals surface area contributed by atoms with Gasteiger partial charge in [0.2, 0.25) is 11.9 Å². The van der Waals surface area contributed by atoms with Gasteiger partial charge in [0.1, 0.15) is 17.5 Å². The number of hydrogen-bond acceptors (Lipinski definition) is 8. The van der Waals surface area contributed by atoms with Crippen LogP contribution in [0.25, 0.3) is 0 Å². The minimum absolute atomic E-state index is 0.0882. The van der Waals surface area contributed by atoms with Gasteiger partial charge in [-0.15, -0.1) is 0 Å². The zero-order valence-corrected chi connectivity index (χ0v) is 20.1. The molecule has 8 nitrogen and oxygen atoms in total. The molecule has 2 aromatic carbocycles. The van der Waals surface area contributed by atoms with Crippen LogP contribution >= 0.6 is 0 Å². The molecule has 10 heteroatoms. The summed E-state index contributed by atoms with van der Waals surface area (Å²) in [4.78, 5) is 17.7. The van der Waals surface area contributed by atoms with E-state index in [0.717, 1.165) is 56.8 Å². The van der Waals surface area contributed by atoms with Crippen LogP contribution in [0.1, 0.15) is 35.8 Å². The van der Waals surface area contributed by atoms with Gasteiger partial charge in [0.15, 0.2) is 0 Å². The highest BCUT2D eigenvalue weighted by molar-refractivity contribution is 5.33. The van der Waals surface area contributed by atoms with Crippen molar-refractivity contribution in [2.45, 2.75) is 31.5 Å². The third-order valence-corrected chi connectivity index (χ3v) is 6.72. The van der Waals surface area contributed by atoms with Gasteiger partial charge in [-0.2, -0.15) is 15.0 Å². The summed E-state index contributed by atoms with van der Waals surface area (Å²) < 4.78 is 32.8. The highest BCUT2D eigenvalue weighted by Crippen LogP contribution is 2.30. The van der Waals surface area contributed by atoms with Crippen molar-refractivity contribution in [2.75, 3.05) is 50.4 Å². The van der Waals surface area contributed by atoms with Crippen LogP contribution in [0.2, 0.25) is 0 Å². The minimum atomic E-state index is -0.275. The molecule has 36 heavy (non-hydrogen) atoms. The molecular formula is C26H31F2N7O. The monoisotopic (exact) mass is 495 g/mol. The van der Waals surface area contributed by atoms with E-state index in [1.54, 1.807) is 24.3 Å². The second kappa shape index (κ2) is 11.2. The molecular weight excluding hydrogens is 464 g/mol. The van der Waals surface area contributed by atoms with E-state index < -0.39 is 0 Å². The van der Waals surface area contributed by atoms with Gasteiger partial charge in [0, 0.05) is 39.3 Å². The second-order valence-corrected chi connectivity index (χ2v) is 9.27. The molecule has 0 radical (unpaired) electrons. The summed E-state index contributed by atoms with van der Waals surface area (Å²) in [6.45, 7) is 5.16. The molecule has 2 fully saturated rings. The van der Waals surface area contributed by atoms with Gasteiger partial charge in [0.25, 0.3) is 0 Å². The SMILES string of the molecule is Nc1nc(CN2CCN(C(c3ccc(F)cc3)c3ccc(F)cc3)CC2)nc(NCC2CCCO2)n1. The number of nitrogens with zero attached hydrogens (tertiary/aromatic N) is 5. The minimum Gasteiger partial charge on any atom is -0.376 e. The summed E-state index contributed by atoms with van der Waals surface area (Å²) in [7, 11) is 0. The molecule has 0 spiro atoms. The molecule has 0 aliphatic carbocycles. The standard InChI is InChI=1S/C26H31F2N7O/c27-20-7-3-18(4-8-20)24(19-5-9-21(28)10-6-19)35-13-11-34(12-14-35)17-23-31-25(29)33-26(32-23)30-16-22-2-1-15-36-22/h3-10,22,24H,1-2,11-17H2,(H3,29,30,31,32,33). The fourth-order valence-electron chi connectivity index (χ4n) is 4.88. The molecule has 2 aliphatic heterocycles. The number of benzene rings is 2. The first-order valence-corrected chi connectivity index (χ1v) is 12.4.